The molecule has 3 aromatic carbocycles. The summed E-state index contributed by atoms with van der Waals surface area (Å²) in [5.41, 5.74) is 2.99. The predicted octanol–water partition coefficient (Wildman–Crippen LogP) is 4.76. The van der Waals surface area contributed by atoms with Crippen molar-refractivity contribution >= 4 is 11.6 Å². The Bertz CT molecular complexity index is 1000. The topological polar surface area (TPSA) is 66.4 Å². The Balaban J connectivity index is 1.56. The molecule has 1 fully saturated rings. The molecule has 5 atom stereocenters. The fourth-order valence-electron chi connectivity index (χ4n) is 4.09. The Morgan fingerprint density at radius 2 is 1.17 bits per heavy atom. The summed E-state index contributed by atoms with van der Waals surface area (Å²) in [7, 11) is 1.55. The zero-order valence-corrected chi connectivity index (χ0v) is 20.4. The molecule has 1 aliphatic heterocycles. The molecule has 1 unspecified atom stereocenters. The van der Waals surface area contributed by atoms with Gasteiger partial charge in [-0.25, -0.2) is 0 Å². The van der Waals surface area contributed by atoms with E-state index in [9.17, 15) is 5.11 Å². The normalized spacial score (nSPS) is 24.4. The fourth-order valence-corrected chi connectivity index (χ4v) is 4.21. The Morgan fingerprint density at radius 3 is 1.69 bits per heavy atom. The first-order valence-corrected chi connectivity index (χ1v) is 12.0. The fraction of sp³-hybridized carbons (Fsp3) is 0.357. The number of aliphatic hydroxyl groups excluding tert-OH is 1. The van der Waals surface area contributed by atoms with Crippen LogP contribution in [0.25, 0.3) is 0 Å². The number of methoxy groups -OCH3 is 1. The van der Waals surface area contributed by atoms with Crippen LogP contribution in [0.5, 0.6) is 0 Å². The highest BCUT2D eigenvalue weighted by atomic mass is 35.5. The quantitative estimate of drug-likeness (QED) is 0.411. The van der Waals surface area contributed by atoms with Crippen LogP contribution in [-0.2, 0) is 43.5 Å². The van der Waals surface area contributed by atoms with E-state index in [4.69, 9.17) is 35.3 Å². The summed E-state index contributed by atoms with van der Waals surface area (Å²) in [4.78, 5) is 0. The lowest BCUT2D eigenvalue weighted by Gasteiger charge is -2.45. The Labute approximate surface area is 211 Å². The van der Waals surface area contributed by atoms with E-state index >= 15 is 0 Å². The van der Waals surface area contributed by atoms with Crippen molar-refractivity contribution in [3.8, 4) is 0 Å². The van der Waals surface area contributed by atoms with Crippen molar-refractivity contribution in [2.45, 2.75) is 50.5 Å². The second-order valence-corrected chi connectivity index (χ2v) is 8.82. The molecule has 1 aliphatic rings. The van der Waals surface area contributed by atoms with Crippen molar-refractivity contribution in [2.75, 3.05) is 13.7 Å². The highest BCUT2D eigenvalue weighted by Crippen LogP contribution is 2.30. The number of hydrogen-bond donors (Lipinski definition) is 1. The van der Waals surface area contributed by atoms with Crippen LogP contribution in [-0.4, -0.2) is 49.5 Å². The molecule has 1 heterocycles. The number of benzene rings is 3. The molecular formula is C28H31ClO6. The average molecular weight is 499 g/mol. The zero-order valence-electron chi connectivity index (χ0n) is 19.7. The van der Waals surface area contributed by atoms with Gasteiger partial charge in [-0.05, 0) is 28.8 Å². The van der Waals surface area contributed by atoms with Crippen molar-refractivity contribution in [2.24, 2.45) is 0 Å². The molecule has 6 nitrogen and oxygen atoms in total. The number of hydrogen-bond acceptors (Lipinski definition) is 6. The van der Waals surface area contributed by atoms with Crippen LogP contribution in [0.3, 0.4) is 0 Å². The lowest BCUT2D eigenvalue weighted by molar-refractivity contribution is -0.321. The number of halogens is 1. The molecule has 1 saturated heterocycles. The first-order chi connectivity index (χ1) is 17.2. The summed E-state index contributed by atoms with van der Waals surface area (Å²) >= 11 is 6.02. The van der Waals surface area contributed by atoms with E-state index in [1.165, 1.54) is 0 Å². The minimum absolute atomic E-state index is 0.242. The van der Waals surface area contributed by atoms with E-state index in [1.54, 1.807) is 7.11 Å². The molecular weight excluding hydrogens is 468 g/mol. The van der Waals surface area contributed by atoms with Gasteiger partial charge in [0.2, 0.25) is 0 Å². The number of aliphatic hydroxyl groups is 1. The standard InChI is InChI=1S/C28H31ClO6/c1-31-28-27(34-19-22-12-14-23(29)15-13-22)26(33-18-21-10-6-3-7-11-21)25(24(16-30)35-28)32-17-20-8-4-2-5-9-20/h2-15,24-28,30H,16-19H2,1H3/t24-,25-,26+,27-,28?/m1/s1. The molecule has 0 bridgehead atoms. The van der Waals surface area contributed by atoms with Gasteiger partial charge in [0.15, 0.2) is 6.29 Å². The smallest absolute Gasteiger partial charge is 0.186 e. The van der Waals surface area contributed by atoms with Gasteiger partial charge in [0.1, 0.15) is 24.4 Å². The molecule has 0 amide bonds. The third-order valence-electron chi connectivity index (χ3n) is 5.93. The van der Waals surface area contributed by atoms with Gasteiger partial charge in [0.25, 0.3) is 0 Å². The maximum atomic E-state index is 10.1. The molecule has 0 aromatic heterocycles. The molecule has 4 rings (SSSR count). The second kappa shape index (κ2) is 13.1. The summed E-state index contributed by atoms with van der Waals surface area (Å²) in [5, 5.41) is 10.8. The summed E-state index contributed by atoms with van der Waals surface area (Å²) < 4.78 is 30.7. The molecule has 0 radical (unpaired) electrons. The van der Waals surface area contributed by atoms with Gasteiger partial charge >= 0.3 is 0 Å². The Kier molecular flexibility index (Phi) is 9.68. The zero-order chi connectivity index (χ0) is 24.5. The molecule has 0 aliphatic carbocycles. The van der Waals surface area contributed by atoms with Crippen molar-refractivity contribution in [1.82, 2.24) is 0 Å². The summed E-state index contributed by atoms with van der Waals surface area (Å²) in [6.45, 7) is 0.768. The second-order valence-electron chi connectivity index (χ2n) is 8.39. The molecule has 3 aromatic rings. The molecule has 0 saturated carbocycles. The Hall–Kier alpha value is -2.29. The third-order valence-corrected chi connectivity index (χ3v) is 6.18. The van der Waals surface area contributed by atoms with Crippen molar-refractivity contribution in [3.63, 3.8) is 0 Å². The molecule has 35 heavy (non-hydrogen) atoms. The van der Waals surface area contributed by atoms with Crippen LogP contribution in [0.15, 0.2) is 84.9 Å². The van der Waals surface area contributed by atoms with Gasteiger partial charge in [-0.15, -0.1) is 0 Å². The van der Waals surface area contributed by atoms with E-state index in [0.717, 1.165) is 16.7 Å². The van der Waals surface area contributed by atoms with Gasteiger partial charge in [0, 0.05) is 12.1 Å². The van der Waals surface area contributed by atoms with Crippen molar-refractivity contribution in [1.29, 1.82) is 0 Å². The monoisotopic (exact) mass is 498 g/mol. The van der Waals surface area contributed by atoms with Gasteiger partial charge < -0.3 is 28.8 Å². The summed E-state index contributed by atoms with van der Waals surface area (Å²) in [5.74, 6) is 0. The van der Waals surface area contributed by atoms with Crippen LogP contribution in [0.4, 0.5) is 0 Å². The van der Waals surface area contributed by atoms with Crippen LogP contribution in [0, 0.1) is 0 Å². The van der Waals surface area contributed by atoms with Crippen molar-refractivity contribution < 1.29 is 28.8 Å². The van der Waals surface area contributed by atoms with Crippen LogP contribution < -0.4 is 0 Å². The van der Waals surface area contributed by atoms with Gasteiger partial charge in [-0.3, -0.25) is 0 Å². The lowest BCUT2D eigenvalue weighted by Crippen LogP contribution is -2.61. The Morgan fingerprint density at radius 1 is 0.686 bits per heavy atom. The van der Waals surface area contributed by atoms with Crippen LogP contribution >= 0.6 is 11.6 Å². The largest absolute Gasteiger partial charge is 0.394 e. The van der Waals surface area contributed by atoms with Crippen LogP contribution in [0.1, 0.15) is 16.7 Å². The first kappa shape index (κ1) is 25.8. The van der Waals surface area contributed by atoms with E-state index in [2.05, 4.69) is 0 Å². The lowest BCUT2D eigenvalue weighted by atomic mass is 9.98. The third kappa shape index (κ3) is 7.12. The molecule has 1 N–H and O–H groups in total. The summed E-state index contributed by atoms with van der Waals surface area (Å²) in [6.07, 6.45) is -3.10. The van der Waals surface area contributed by atoms with E-state index in [-0.39, 0.29) is 6.61 Å². The molecule has 7 heteroatoms. The molecule has 0 spiro atoms. The summed E-state index contributed by atoms with van der Waals surface area (Å²) in [6, 6.07) is 27.2. The van der Waals surface area contributed by atoms with E-state index in [0.29, 0.717) is 24.8 Å². The minimum Gasteiger partial charge on any atom is -0.394 e. The SMILES string of the molecule is COC1O[C@H](CO)[C@@H](OCc2ccccc2)[C@H](OCc2ccccc2)[C@H]1OCc1ccc(Cl)cc1. The molecule has 186 valence electrons. The first-order valence-electron chi connectivity index (χ1n) is 11.6. The predicted molar refractivity (Wildman–Crippen MR) is 133 cm³/mol. The maximum absolute atomic E-state index is 10.1. The highest BCUT2D eigenvalue weighted by molar-refractivity contribution is 6.30. The minimum atomic E-state index is -0.739. The number of rotatable bonds is 11. The maximum Gasteiger partial charge on any atom is 0.186 e. The van der Waals surface area contributed by atoms with Gasteiger partial charge in [-0.1, -0.05) is 84.4 Å². The van der Waals surface area contributed by atoms with Gasteiger partial charge in [-0.2, -0.15) is 0 Å². The van der Waals surface area contributed by atoms with Gasteiger partial charge in [0.05, 0.1) is 26.4 Å². The van der Waals surface area contributed by atoms with Crippen molar-refractivity contribution in [3.05, 3.63) is 107 Å². The van der Waals surface area contributed by atoms with E-state index in [1.807, 2.05) is 84.9 Å². The average Bonchev–Trinajstić information content (AvgIpc) is 2.91. The van der Waals surface area contributed by atoms with E-state index < -0.39 is 30.7 Å². The van der Waals surface area contributed by atoms with Crippen LogP contribution in [0.2, 0.25) is 5.02 Å². The number of ether oxygens (including phenoxy) is 5. The highest BCUT2D eigenvalue weighted by Gasteiger charge is 2.48.